The van der Waals surface area contributed by atoms with Gasteiger partial charge in [-0.25, -0.2) is 13.1 Å². The van der Waals surface area contributed by atoms with E-state index in [1.165, 1.54) is 32.3 Å². The number of amides is 1. The predicted molar refractivity (Wildman–Crippen MR) is 84.5 cm³/mol. The number of carbonyl (C=O) groups is 1. The summed E-state index contributed by atoms with van der Waals surface area (Å²) in [6, 6.07) is 3.25. The highest BCUT2D eigenvalue weighted by molar-refractivity contribution is 7.89. The van der Waals surface area contributed by atoms with Crippen LogP contribution in [0.2, 0.25) is 0 Å². The lowest BCUT2D eigenvalue weighted by Gasteiger charge is -2.19. The van der Waals surface area contributed by atoms with Crippen molar-refractivity contribution in [3.05, 3.63) is 23.8 Å². The molecule has 6 nitrogen and oxygen atoms in total. The molecule has 0 saturated carbocycles. The minimum absolute atomic E-state index is 0.0349. The summed E-state index contributed by atoms with van der Waals surface area (Å²) in [6.07, 6.45) is -5.39. The molecule has 10 heteroatoms. The van der Waals surface area contributed by atoms with Crippen LogP contribution in [0.25, 0.3) is 0 Å². The molecular formula is C14H20F3N3O3S. The molecule has 0 aliphatic heterocycles. The number of sulfonamides is 1. The quantitative estimate of drug-likeness (QED) is 0.689. The van der Waals surface area contributed by atoms with E-state index in [1.54, 1.807) is 6.92 Å². The average Bonchev–Trinajstić information content (AvgIpc) is 2.51. The van der Waals surface area contributed by atoms with Gasteiger partial charge in [-0.1, -0.05) is 0 Å². The predicted octanol–water partition coefficient (Wildman–Crippen LogP) is 2.10. The van der Waals surface area contributed by atoms with Crippen LogP contribution >= 0.6 is 0 Å². The third kappa shape index (κ3) is 5.68. The number of carbonyl (C=O) groups excluding carboxylic acids is 1. The van der Waals surface area contributed by atoms with E-state index in [2.05, 4.69) is 15.4 Å². The summed E-state index contributed by atoms with van der Waals surface area (Å²) in [6.45, 7) is 1.55. The maximum absolute atomic E-state index is 12.3. The molecule has 0 aliphatic carbocycles. The van der Waals surface area contributed by atoms with Crippen LogP contribution in [0.4, 0.5) is 18.9 Å². The average molecular weight is 367 g/mol. The van der Waals surface area contributed by atoms with Crippen LogP contribution in [0.1, 0.15) is 30.1 Å². The molecular weight excluding hydrogens is 347 g/mol. The number of halogens is 3. The molecule has 0 saturated heterocycles. The molecule has 0 aliphatic rings. The third-order valence-electron chi connectivity index (χ3n) is 3.30. The Kier molecular flexibility index (Phi) is 6.61. The smallest absolute Gasteiger partial charge is 0.382 e. The minimum atomic E-state index is -4.26. The fourth-order valence-corrected chi connectivity index (χ4v) is 2.73. The molecule has 1 aromatic carbocycles. The number of rotatable bonds is 7. The first kappa shape index (κ1) is 20.2. The van der Waals surface area contributed by atoms with Gasteiger partial charge in [0.1, 0.15) is 0 Å². The molecule has 1 amide bonds. The van der Waals surface area contributed by atoms with Crippen LogP contribution in [0.5, 0.6) is 0 Å². The normalized spacial score (nSPS) is 13.4. The van der Waals surface area contributed by atoms with Crippen molar-refractivity contribution in [3.8, 4) is 0 Å². The Morgan fingerprint density at radius 1 is 1.25 bits per heavy atom. The fourth-order valence-electron chi connectivity index (χ4n) is 1.97. The Morgan fingerprint density at radius 3 is 2.38 bits per heavy atom. The van der Waals surface area contributed by atoms with Gasteiger partial charge in [0.2, 0.25) is 10.0 Å². The van der Waals surface area contributed by atoms with Gasteiger partial charge < -0.3 is 10.6 Å². The zero-order valence-corrected chi connectivity index (χ0v) is 14.3. The second-order valence-electron chi connectivity index (χ2n) is 5.19. The fraction of sp³-hybridized carbons (Fsp3) is 0.500. The van der Waals surface area contributed by atoms with Gasteiger partial charge in [0.25, 0.3) is 5.91 Å². The van der Waals surface area contributed by atoms with E-state index in [1.807, 2.05) is 0 Å². The Balaban J connectivity index is 3.08. The van der Waals surface area contributed by atoms with Gasteiger partial charge in [-0.05, 0) is 38.6 Å². The lowest BCUT2D eigenvalue weighted by Crippen LogP contribution is -2.25. The van der Waals surface area contributed by atoms with E-state index < -0.39 is 34.6 Å². The van der Waals surface area contributed by atoms with Crippen molar-refractivity contribution in [1.82, 2.24) is 10.0 Å². The molecule has 1 atom stereocenters. The molecule has 0 fully saturated rings. The maximum Gasteiger partial charge on any atom is 0.389 e. The molecule has 3 N–H and O–H groups in total. The zero-order chi connectivity index (χ0) is 18.5. The Morgan fingerprint density at radius 2 is 1.88 bits per heavy atom. The largest absolute Gasteiger partial charge is 0.389 e. The minimum Gasteiger partial charge on any atom is -0.382 e. The highest BCUT2D eigenvalue weighted by Gasteiger charge is 2.27. The van der Waals surface area contributed by atoms with Crippen molar-refractivity contribution < 1.29 is 26.4 Å². The van der Waals surface area contributed by atoms with Gasteiger partial charge in [-0.2, -0.15) is 13.2 Å². The summed E-state index contributed by atoms with van der Waals surface area (Å²) in [7, 11) is -1.13. The summed E-state index contributed by atoms with van der Waals surface area (Å²) in [5.74, 6) is -0.548. The third-order valence-corrected chi connectivity index (χ3v) is 4.72. The van der Waals surface area contributed by atoms with Gasteiger partial charge in [0.05, 0.1) is 10.5 Å². The molecule has 0 heterocycles. The molecule has 1 aromatic rings. The van der Waals surface area contributed by atoms with E-state index in [9.17, 15) is 26.4 Å². The maximum atomic E-state index is 12.3. The highest BCUT2D eigenvalue weighted by atomic mass is 32.2. The molecule has 0 radical (unpaired) electrons. The Labute approximate surface area is 138 Å². The molecule has 24 heavy (non-hydrogen) atoms. The topological polar surface area (TPSA) is 87.3 Å². The van der Waals surface area contributed by atoms with Crippen LogP contribution in [-0.4, -0.2) is 40.6 Å². The summed E-state index contributed by atoms with van der Waals surface area (Å²) in [5, 5.41) is 5.19. The number of nitrogens with one attached hydrogen (secondary N) is 3. The van der Waals surface area contributed by atoms with Crippen LogP contribution < -0.4 is 15.4 Å². The Bertz CT molecular complexity index is 690. The summed E-state index contributed by atoms with van der Waals surface area (Å²) >= 11 is 0. The lowest BCUT2D eigenvalue weighted by molar-refractivity contribution is -0.135. The lowest BCUT2D eigenvalue weighted by atomic mass is 10.1. The molecule has 0 bridgehead atoms. The van der Waals surface area contributed by atoms with Gasteiger partial charge in [-0.15, -0.1) is 0 Å². The number of alkyl halides is 3. The monoisotopic (exact) mass is 367 g/mol. The van der Waals surface area contributed by atoms with Crippen molar-refractivity contribution in [2.45, 2.75) is 36.9 Å². The number of benzene rings is 1. The Hall–Kier alpha value is -1.81. The summed E-state index contributed by atoms with van der Waals surface area (Å²) < 4.78 is 62.6. The van der Waals surface area contributed by atoms with Gasteiger partial charge in [-0.3, -0.25) is 4.79 Å². The second-order valence-corrected chi connectivity index (χ2v) is 7.08. The van der Waals surface area contributed by atoms with Crippen LogP contribution in [0, 0.1) is 0 Å². The first-order valence-electron chi connectivity index (χ1n) is 7.13. The second kappa shape index (κ2) is 7.84. The first-order chi connectivity index (χ1) is 11.0. The molecule has 136 valence electrons. The van der Waals surface area contributed by atoms with Crippen LogP contribution in [0.15, 0.2) is 23.1 Å². The number of hydrogen-bond acceptors (Lipinski definition) is 4. The van der Waals surface area contributed by atoms with Gasteiger partial charge in [0.15, 0.2) is 0 Å². The van der Waals surface area contributed by atoms with Crippen molar-refractivity contribution >= 4 is 21.6 Å². The van der Waals surface area contributed by atoms with E-state index in [-0.39, 0.29) is 22.6 Å². The molecule has 0 aromatic heterocycles. The first-order valence-corrected chi connectivity index (χ1v) is 8.61. The van der Waals surface area contributed by atoms with E-state index in [0.29, 0.717) is 0 Å². The van der Waals surface area contributed by atoms with Crippen molar-refractivity contribution in [2.24, 2.45) is 0 Å². The van der Waals surface area contributed by atoms with Crippen LogP contribution in [0.3, 0.4) is 0 Å². The molecule has 1 rings (SSSR count). The van der Waals surface area contributed by atoms with E-state index >= 15 is 0 Å². The standard InChI is InChI=1S/C14H20F3N3O3S/c1-9(6-7-14(15,16)17)20-12-5-4-10(24(22,23)19-3)8-11(12)13(21)18-2/h4-5,8-9,19-20H,6-7H2,1-3H3,(H,18,21). The van der Waals surface area contributed by atoms with Crippen molar-refractivity contribution in [1.29, 1.82) is 0 Å². The van der Waals surface area contributed by atoms with E-state index in [0.717, 1.165) is 0 Å². The van der Waals surface area contributed by atoms with Crippen LogP contribution in [-0.2, 0) is 10.0 Å². The van der Waals surface area contributed by atoms with Gasteiger partial charge in [0, 0.05) is 25.2 Å². The van der Waals surface area contributed by atoms with Gasteiger partial charge >= 0.3 is 6.18 Å². The van der Waals surface area contributed by atoms with Crippen molar-refractivity contribution in [3.63, 3.8) is 0 Å². The number of hydrogen-bond donors (Lipinski definition) is 3. The SMILES string of the molecule is CNC(=O)c1cc(S(=O)(=O)NC)ccc1NC(C)CCC(F)(F)F. The summed E-state index contributed by atoms with van der Waals surface area (Å²) in [5.41, 5.74) is 0.298. The number of anilines is 1. The summed E-state index contributed by atoms with van der Waals surface area (Å²) in [4.78, 5) is 11.8. The molecule has 0 spiro atoms. The van der Waals surface area contributed by atoms with Crippen molar-refractivity contribution in [2.75, 3.05) is 19.4 Å². The van der Waals surface area contributed by atoms with E-state index in [4.69, 9.17) is 0 Å². The molecule has 1 unspecified atom stereocenters. The highest BCUT2D eigenvalue weighted by Crippen LogP contribution is 2.25. The zero-order valence-electron chi connectivity index (χ0n) is 13.5.